The molecule has 0 spiro atoms. The van der Waals surface area contributed by atoms with Crippen LogP contribution in [0.1, 0.15) is 28.9 Å². The van der Waals surface area contributed by atoms with E-state index in [1.165, 1.54) is 12.8 Å². The molecule has 1 atom stereocenters. The van der Waals surface area contributed by atoms with E-state index in [0.717, 1.165) is 25.3 Å². The van der Waals surface area contributed by atoms with Crippen molar-refractivity contribution in [1.29, 1.82) is 0 Å². The molecule has 1 aromatic rings. The Labute approximate surface area is 126 Å². The maximum Gasteiger partial charge on any atom is 0.253 e. The van der Waals surface area contributed by atoms with Gasteiger partial charge in [-0.2, -0.15) is 0 Å². The summed E-state index contributed by atoms with van der Waals surface area (Å²) in [5.41, 5.74) is 1.46. The highest BCUT2D eigenvalue weighted by Gasteiger charge is 2.15. The molecule has 1 saturated heterocycles. The zero-order chi connectivity index (χ0) is 12.1. The van der Waals surface area contributed by atoms with Gasteiger partial charge in [0, 0.05) is 18.4 Å². The van der Waals surface area contributed by atoms with Gasteiger partial charge in [0.15, 0.2) is 0 Å². The van der Waals surface area contributed by atoms with Crippen LogP contribution in [0.4, 0.5) is 0 Å². The number of halogens is 2. The Bertz CT molecular complexity index is 395. The molecule has 1 amide bonds. The van der Waals surface area contributed by atoms with Gasteiger partial charge < -0.3 is 10.6 Å². The predicted octanol–water partition coefficient (Wildman–Crippen LogP) is 1.96. The molecule has 1 aromatic heterocycles. The van der Waals surface area contributed by atoms with Gasteiger partial charge in [0.1, 0.15) is 0 Å². The number of carbonyl (C=O) groups is 1. The van der Waals surface area contributed by atoms with Crippen LogP contribution in [0.25, 0.3) is 0 Å². The van der Waals surface area contributed by atoms with E-state index in [9.17, 15) is 4.79 Å². The molecule has 1 aliphatic heterocycles. The van der Waals surface area contributed by atoms with E-state index >= 15 is 0 Å². The highest BCUT2D eigenvalue weighted by atomic mass is 35.5. The third kappa shape index (κ3) is 5.35. The van der Waals surface area contributed by atoms with Gasteiger partial charge in [0.2, 0.25) is 0 Å². The summed E-state index contributed by atoms with van der Waals surface area (Å²) in [6, 6.07) is 3.61. The van der Waals surface area contributed by atoms with Crippen LogP contribution in [0.2, 0.25) is 0 Å². The van der Waals surface area contributed by atoms with Crippen molar-refractivity contribution in [2.75, 3.05) is 19.6 Å². The van der Waals surface area contributed by atoms with Gasteiger partial charge in [-0.1, -0.05) is 0 Å². The first kappa shape index (κ1) is 18.2. The first-order valence-electron chi connectivity index (χ1n) is 6.18. The van der Waals surface area contributed by atoms with Crippen molar-refractivity contribution >= 4 is 30.7 Å². The molecular formula is C13H21Cl2N3O. The minimum atomic E-state index is -0.0128. The first-order valence-corrected chi connectivity index (χ1v) is 6.18. The van der Waals surface area contributed by atoms with Crippen molar-refractivity contribution in [3.63, 3.8) is 0 Å². The SMILES string of the molecule is Cc1ncccc1C(=O)NCC1CCCNC1.Cl.Cl. The lowest BCUT2D eigenvalue weighted by Gasteiger charge is -2.22. The molecule has 2 heterocycles. The number of piperidine rings is 1. The number of nitrogens with zero attached hydrogens (tertiary/aromatic N) is 1. The maximum absolute atomic E-state index is 11.9. The van der Waals surface area contributed by atoms with Crippen LogP contribution in [0.3, 0.4) is 0 Å². The van der Waals surface area contributed by atoms with Crippen LogP contribution in [-0.4, -0.2) is 30.5 Å². The van der Waals surface area contributed by atoms with Gasteiger partial charge in [-0.05, 0) is 50.9 Å². The molecule has 1 unspecified atom stereocenters. The third-order valence-electron chi connectivity index (χ3n) is 3.20. The van der Waals surface area contributed by atoms with E-state index in [1.54, 1.807) is 12.3 Å². The average molecular weight is 306 g/mol. The summed E-state index contributed by atoms with van der Waals surface area (Å²) < 4.78 is 0. The van der Waals surface area contributed by atoms with Crippen LogP contribution in [0.15, 0.2) is 18.3 Å². The number of amides is 1. The molecule has 108 valence electrons. The molecule has 0 bridgehead atoms. The Morgan fingerprint density at radius 3 is 2.95 bits per heavy atom. The average Bonchev–Trinajstić information content (AvgIpc) is 2.38. The van der Waals surface area contributed by atoms with E-state index in [2.05, 4.69) is 15.6 Å². The zero-order valence-corrected chi connectivity index (χ0v) is 12.6. The van der Waals surface area contributed by atoms with Crippen molar-refractivity contribution in [2.45, 2.75) is 19.8 Å². The van der Waals surface area contributed by atoms with Crippen molar-refractivity contribution < 1.29 is 4.79 Å². The van der Waals surface area contributed by atoms with Crippen molar-refractivity contribution in [3.05, 3.63) is 29.6 Å². The second-order valence-corrected chi connectivity index (χ2v) is 4.56. The lowest BCUT2D eigenvalue weighted by atomic mass is 9.99. The highest BCUT2D eigenvalue weighted by molar-refractivity contribution is 5.95. The van der Waals surface area contributed by atoms with Crippen molar-refractivity contribution in [1.82, 2.24) is 15.6 Å². The van der Waals surface area contributed by atoms with E-state index in [1.807, 2.05) is 13.0 Å². The van der Waals surface area contributed by atoms with E-state index in [-0.39, 0.29) is 30.7 Å². The third-order valence-corrected chi connectivity index (χ3v) is 3.20. The Morgan fingerprint density at radius 1 is 1.53 bits per heavy atom. The monoisotopic (exact) mass is 305 g/mol. The molecule has 0 aromatic carbocycles. The summed E-state index contributed by atoms with van der Waals surface area (Å²) in [4.78, 5) is 16.1. The Morgan fingerprint density at radius 2 is 2.32 bits per heavy atom. The lowest BCUT2D eigenvalue weighted by Crippen LogP contribution is -2.38. The van der Waals surface area contributed by atoms with Crippen LogP contribution >= 0.6 is 24.8 Å². The van der Waals surface area contributed by atoms with Crippen LogP contribution < -0.4 is 10.6 Å². The van der Waals surface area contributed by atoms with Crippen molar-refractivity contribution in [2.24, 2.45) is 5.92 Å². The molecular weight excluding hydrogens is 285 g/mol. The summed E-state index contributed by atoms with van der Waals surface area (Å²) >= 11 is 0. The number of pyridine rings is 1. The fourth-order valence-electron chi connectivity index (χ4n) is 2.15. The van der Waals surface area contributed by atoms with E-state index in [0.29, 0.717) is 11.5 Å². The van der Waals surface area contributed by atoms with Crippen LogP contribution in [0, 0.1) is 12.8 Å². The van der Waals surface area contributed by atoms with Gasteiger partial charge in [-0.15, -0.1) is 24.8 Å². The fourth-order valence-corrected chi connectivity index (χ4v) is 2.15. The van der Waals surface area contributed by atoms with Crippen LogP contribution in [0.5, 0.6) is 0 Å². The predicted molar refractivity (Wildman–Crippen MR) is 81.4 cm³/mol. The Kier molecular flexibility index (Phi) is 8.72. The molecule has 0 radical (unpaired) electrons. The summed E-state index contributed by atoms with van der Waals surface area (Å²) in [5, 5.41) is 6.34. The molecule has 2 N–H and O–H groups in total. The summed E-state index contributed by atoms with van der Waals surface area (Å²) in [7, 11) is 0. The van der Waals surface area contributed by atoms with Gasteiger partial charge in [0.25, 0.3) is 5.91 Å². The largest absolute Gasteiger partial charge is 0.352 e. The number of hydrogen-bond donors (Lipinski definition) is 2. The molecule has 6 heteroatoms. The zero-order valence-electron chi connectivity index (χ0n) is 11.0. The molecule has 0 saturated carbocycles. The lowest BCUT2D eigenvalue weighted by molar-refractivity contribution is 0.0944. The van der Waals surface area contributed by atoms with Crippen molar-refractivity contribution in [3.8, 4) is 0 Å². The number of carbonyl (C=O) groups excluding carboxylic acids is 1. The second kappa shape index (κ2) is 9.13. The molecule has 19 heavy (non-hydrogen) atoms. The molecule has 2 rings (SSSR count). The molecule has 0 aliphatic carbocycles. The van der Waals surface area contributed by atoms with E-state index < -0.39 is 0 Å². The molecule has 1 fully saturated rings. The van der Waals surface area contributed by atoms with Gasteiger partial charge >= 0.3 is 0 Å². The standard InChI is InChI=1S/C13H19N3O.2ClH/c1-10-12(5-3-7-15-10)13(17)16-9-11-4-2-6-14-8-11;;/h3,5,7,11,14H,2,4,6,8-9H2,1H3,(H,16,17);2*1H. The number of nitrogens with one attached hydrogen (secondary N) is 2. The van der Waals surface area contributed by atoms with E-state index in [4.69, 9.17) is 0 Å². The molecule has 4 nitrogen and oxygen atoms in total. The van der Waals surface area contributed by atoms with Crippen LogP contribution in [-0.2, 0) is 0 Å². The quantitative estimate of drug-likeness (QED) is 0.897. The summed E-state index contributed by atoms with van der Waals surface area (Å²) in [6.45, 7) is 4.72. The smallest absolute Gasteiger partial charge is 0.253 e. The minimum Gasteiger partial charge on any atom is -0.352 e. The highest BCUT2D eigenvalue weighted by Crippen LogP contribution is 2.09. The minimum absolute atomic E-state index is 0. The molecule has 1 aliphatic rings. The fraction of sp³-hybridized carbons (Fsp3) is 0.538. The first-order chi connectivity index (χ1) is 8.27. The summed E-state index contributed by atoms with van der Waals surface area (Å²) in [5.74, 6) is 0.547. The number of hydrogen-bond acceptors (Lipinski definition) is 3. The Hall–Kier alpha value is -0.840. The van der Waals surface area contributed by atoms with Gasteiger partial charge in [-0.3, -0.25) is 9.78 Å². The number of aromatic nitrogens is 1. The topological polar surface area (TPSA) is 54.0 Å². The number of rotatable bonds is 3. The summed E-state index contributed by atoms with van der Waals surface area (Å²) in [6.07, 6.45) is 4.10. The number of aryl methyl sites for hydroxylation is 1. The van der Waals surface area contributed by atoms with Gasteiger partial charge in [-0.25, -0.2) is 0 Å². The second-order valence-electron chi connectivity index (χ2n) is 4.56. The van der Waals surface area contributed by atoms with Gasteiger partial charge in [0.05, 0.1) is 5.56 Å². The maximum atomic E-state index is 11.9. The Balaban J connectivity index is 0.00000162. The normalized spacial score (nSPS) is 17.8.